The Balaban J connectivity index is 2.11. The molecule has 2 atom stereocenters. The maximum Gasteiger partial charge on any atom is 0.126 e. The summed E-state index contributed by atoms with van der Waals surface area (Å²) in [5, 5.41) is 10.9. The molecule has 0 heterocycles. The minimum absolute atomic E-state index is 0.113. The molecule has 0 bridgehead atoms. The molecule has 0 amide bonds. The van der Waals surface area contributed by atoms with Crippen molar-refractivity contribution in [3.63, 3.8) is 0 Å². The van der Waals surface area contributed by atoms with Crippen molar-refractivity contribution < 1.29 is 9.50 Å². The van der Waals surface area contributed by atoms with E-state index in [4.69, 9.17) is 5.73 Å². The molecule has 1 saturated carbocycles. The fraction of sp³-hybridized carbons (Fsp3) is 0.625. The van der Waals surface area contributed by atoms with Crippen LogP contribution in [0.4, 0.5) is 4.39 Å². The predicted octanol–water partition coefficient (Wildman–Crippen LogP) is 2.66. The van der Waals surface area contributed by atoms with Gasteiger partial charge in [-0.3, -0.25) is 0 Å². The van der Waals surface area contributed by atoms with Gasteiger partial charge in [0, 0.05) is 5.92 Å². The van der Waals surface area contributed by atoms with E-state index in [1.165, 1.54) is 5.56 Å². The highest BCUT2D eigenvalue weighted by Gasteiger charge is 2.44. The lowest BCUT2D eigenvalue weighted by atomic mass is 9.64. The zero-order valence-corrected chi connectivity index (χ0v) is 11.3. The molecular weight excluding hydrogens is 241 g/mol. The van der Waals surface area contributed by atoms with Crippen LogP contribution in [-0.2, 0) is 12.8 Å². The lowest BCUT2D eigenvalue weighted by Gasteiger charge is -2.45. The fourth-order valence-electron chi connectivity index (χ4n) is 4.02. The van der Waals surface area contributed by atoms with Gasteiger partial charge in [-0.25, -0.2) is 4.39 Å². The molecule has 0 aromatic heterocycles. The second kappa shape index (κ2) is 4.88. The van der Waals surface area contributed by atoms with Gasteiger partial charge in [0.15, 0.2) is 0 Å². The normalized spacial score (nSPS) is 29.7. The number of aryl methyl sites for hydroxylation is 1. The number of nitrogens with two attached hydrogens (primary N) is 1. The van der Waals surface area contributed by atoms with Gasteiger partial charge in [-0.2, -0.15) is 0 Å². The van der Waals surface area contributed by atoms with E-state index in [2.05, 4.69) is 0 Å². The first kappa shape index (κ1) is 13.1. The molecular formula is C16H22FNO. The largest absolute Gasteiger partial charge is 0.389 e. The van der Waals surface area contributed by atoms with E-state index in [1.54, 1.807) is 6.07 Å². The highest BCUT2D eigenvalue weighted by atomic mass is 19.1. The van der Waals surface area contributed by atoms with Gasteiger partial charge in [0.25, 0.3) is 0 Å². The molecule has 0 spiro atoms. The molecule has 1 fully saturated rings. The summed E-state index contributed by atoms with van der Waals surface area (Å²) in [6, 6.07) is 3.47. The van der Waals surface area contributed by atoms with Gasteiger partial charge in [-0.15, -0.1) is 0 Å². The summed E-state index contributed by atoms with van der Waals surface area (Å²) in [6.45, 7) is 0.457. The smallest absolute Gasteiger partial charge is 0.126 e. The molecule has 0 aliphatic heterocycles. The Morgan fingerprint density at radius 2 is 2.16 bits per heavy atom. The van der Waals surface area contributed by atoms with Crippen LogP contribution in [0.25, 0.3) is 0 Å². The van der Waals surface area contributed by atoms with Crippen molar-refractivity contribution in [2.45, 2.75) is 56.5 Å². The minimum Gasteiger partial charge on any atom is -0.389 e. The Morgan fingerprint density at radius 1 is 1.32 bits per heavy atom. The average molecular weight is 263 g/mol. The van der Waals surface area contributed by atoms with E-state index < -0.39 is 5.60 Å². The number of benzene rings is 1. The second-order valence-corrected chi connectivity index (χ2v) is 6.04. The first-order chi connectivity index (χ1) is 9.15. The Morgan fingerprint density at radius 3 is 2.95 bits per heavy atom. The zero-order valence-electron chi connectivity index (χ0n) is 11.3. The van der Waals surface area contributed by atoms with Gasteiger partial charge < -0.3 is 10.8 Å². The molecule has 2 aliphatic rings. The minimum atomic E-state index is -0.609. The van der Waals surface area contributed by atoms with Crippen LogP contribution >= 0.6 is 0 Å². The number of aliphatic hydroxyl groups is 1. The number of fused-ring (bicyclic) bond motifs is 3. The molecule has 1 aromatic carbocycles. The van der Waals surface area contributed by atoms with Gasteiger partial charge in [0.05, 0.1) is 5.60 Å². The molecule has 2 unspecified atom stereocenters. The lowest BCUT2D eigenvalue weighted by Crippen LogP contribution is -2.43. The van der Waals surface area contributed by atoms with E-state index in [1.807, 2.05) is 6.07 Å². The van der Waals surface area contributed by atoms with Crippen LogP contribution < -0.4 is 5.73 Å². The highest BCUT2D eigenvalue weighted by molar-refractivity contribution is 5.43. The summed E-state index contributed by atoms with van der Waals surface area (Å²) in [5.74, 6) is -0.0405. The van der Waals surface area contributed by atoms with Crippen molar-refractivity contribution in [3.05, 3.63) is 34.6 Å². The number of hydrogen-bond donors (Lipinski definition) is 2. The maximum absolute atomic E-state index is 14.1. The highest BCUT2D eigenvalue weighted by Crippen LogP contribution is 2.49. The summed E-state index contributed by atoms with van der Waals surface area (Å²) in [4.78, 5) is 0. The molecule has 104 valence electrons. The molecule has 1 aromatic rings. The van der Waals surface area contributed by atoms with E-state index >= 15 is 0 Å². The van der Waals surface area contributed by atoms with E-state index in [-0.39, 0.29) is 11.7 Å². The first-order valence-electron chi connectivity index (χ1n) is 7.38. The van der Waals surface area contributed by atoms with Crippen LogP contribution in [0.15, 0.2) is 12.1 Å². The average Bonchev–Trinajstić information content (AvgIpc) is 2.41. The molecule has 2 aliphatic carbocycles. The fourth-order valence-corrected chi connectivity index (χ4v) is 4.02. The third kappa shape index (κ3) is 2.09. The maximum atomic E-state index is 14.1. The van der Waals surface area contributed by atoms with Crippen molar-refractivity contribution in [2.75, 3.05) is 6.54 Å². The third-order valence-electron chi connectivity index (χ3n) is 4.96. The van der Waals surface area contributed by atoms with Crippen LogP contribution in [0.3, 0.4) is 0 Å². The van der Waals surface area contributed by atoms with Gasteiger partial charge in [-0.1, -0.05) is 18.9 Å². The molecule has 0 saturated heterocycles. The Kier molecular flexibility index (Phi) is 3.35. The van der Waals surface area contributed by atoms with Crippen molar-refractivity contribution in [3.8, 4) is 0 Å². The molecule has 19 heavy (non-hydrogen) atoms. The Bertz CT molecular complexity index is 488. The van der Waals surface area contributed by atoms with Gasteiger partial charge in [-0.05, 0) is 61.4 Å². The monoisotopic (exact) mass is 263 g/mol. The summed E-state index contributed by atoms with van der Waals surface area (Å²) >= 11 is 0. The number of hydrogen-bond acceptors (Lipinski definition) is 2. The Hall–Kier alpha value is -0.930. The second-order valence-electron chi connectivity index (χ2n) is 6.04. The van der Waals surface area contributed by atoms with Gasteiger partial charge in [0.1, 0.15) is 5.82 Å². The van der Waals surface area contributed by atoms with Gasteiger partial charge >= 0.3 is 0 Å². The van der Waals surface area contributed by atoms with E-state index in [0.29, 0.717) is 13.0 Å². The molecule has 2 nitrogen and oxygen atoms in total. The number of halogens is 1. The summed E-state index contributed by atoms with van der Waals surface area (Å²) < 4.78 is 14.1. The van der Waals surface area contributed by atoms with Crippen molar-refractivity contribution in [1.82, 2.24) is 0 Å². The molecule has 0 radical (unpaired) electrons. The van der Waals surface area contributed by atoms with Crippen molar-refractivity contribution in [2.24, 2.45) is 5.73 Å². The van der Waals surface area contributed by atoms with Crippen LogP contribution in [0.1, 0.15) is 54.7 Å². The quantitative estimate of drug-likeness (QED) is 0.861. The summed E-state index contributed by atoms with van der Waals surface area (Å²) in [5.41, 5.74) is 8.09. The van der Waals surface area contributed by atoms with Crippen LogP contribution in [-0.4, -0.2) is 17.3 Å². The molecule has 3 rings (SSSR count). The first-order valence-corrected chi connectivity index (χ1v) is 7.38. The predicted molar refractivity (Wildman–Crippen MR) is 73.6 cm³/mol. The third-order valence-corrected chi connectivity index (χ3v) is 4.96. The number of rotatable bonds is 2. The standard InChI is InChI=1S/C16H22FNO/c17-14-5-4-11-6-9-16(19)8-2-1-3-13(16)15(11)12(14)7-10-18/h4-5,13,19H,1-3,6-10,18H2. The van der Waals surface area contributed by atoms with E-state index in [9.17, 15) is 9.50 Å². The van der Waals surface area contributed by atoms with Crippen molar-refractivity contribution >= 4 is 0 Å². The molecule has 3 N–H and O–H groups in total. The van der Waals surface area contributed by atoms with E-state index in [0.717, 1.165) is 49.7 Å². The van der Waals surface area contributed by atoms with Gasteiger partial charge in [0.2, 0.25) is 0 Å². The SMILES string of the molecule is NCCc1c(F)ccc2c1C1CCCCC1(O)CC2. The van der Waals surface area contributed by atoms with Crippen LogP contribution in [0, 0.1) is 5.82 Å². The van der Waals surface area contributed by atoms with Crippen LogP contribution in [0.5, 0.6) is 0 Å². The summed E-state index contributed by atoms with van der Waals surface area (Å²) in [7, 11) is 0. The topological polar surface area (TPSA) is 46.2 Å². The van der Waals surface area contributed by atoms with Crippen LogP contribution in [0.2, 0.25) is 0 Å². The zero-order chi connectivity index (χ0) is 13.5. The lowest BCUT2D eigenvalue weighted by molar-refractivity contribution is -0.0304. The Labute approximate surface area is 113 Å². The van der Waals surface area contributed by atoms with Crippen molar-refractivity contribution in [1.29, 1.82) is 0 Å². The summed E-state index contributed by atoms with van der Waals surface area (Å²) in [6.07, 6.45) is 6.30. The molecule has 3 heteroatoms.